The second-order valence-electron chi connectivity index (χ2n) is 8.87. The highest BCUT2D eigenvalue weighted by Gasteiger charge is 2.10. The van der Waals surface area contributed by atoms with Crippen molar-refractivity contribution in [3.05, 3.63) is 121 Å². The van der Waals surface area contributed by atoms with Crippen LogP contribution in [0.3, 0.4) is 0 Å². The molecule has 0 radical (unpaired) electrons. The van der Waals surface area contributed by atoms with Crippen molar-refractivity contribution in [1.29, 1.82) is 0 Å². The zero-order chi connectivity index (χ0) is 23.1. The van der Waals surface area contributed by atoms with Crippen molar-refractivity contribution in [3.8, 4) is 33.6 Å². The number of benzene rings is 4. The second-order valence-corrected chi connectivity index (χ2v) is 8.87. The van der Waals surface area contributed by atoms with E-state index in [9.17, 15) is 0 Å². The minimum atomic E-state index is 0.876. The molecule has 0 aliphatic carbocycles. The summed E-state index contributed by atoms with van der Waals surface area (Å²) in [5.41, 5.74) is 8.93. The second kappa shape index (κ2) is 8.24. The van der Waals surface area contributed by atoms with Gasteiger partial charge in [-0.15, -0.1) is 0 Å². The lowest BCUT2D eigenvalue weighted by atomic mass is 9.94. The van der Waals surface area contributed by atoms with Gasteiger partial charge in [0.2, 0.25) is 0 Å². The number of nitrogens with zero attached hydrogens (tertiary/aromatic N) is 2. The summed E-state index contributed by atoms with van der Waals surface area (Å²) >= 11 is 0. The molecule has 0 fully saturated rings. The molecule has 0 amide bonds. The Morgan fingerprint density at radius 2 is 1.12 bits per heavy atom. The van der Waals surface area contributed by atoms with Crippen molar-refractivity contribution < 1.29 is 0 Å². The van der Waals surface area contributed by atoms with E-state index >= 15 is 0 Å². The van der Waals surface area contributed by atoms with Crippen LogP contribution in [0.4, 0.5) is 0 Å². The number of pyridine rings is 2. The molecule has 2 aromatic heterocycles. The molecule has 0 saturated carbocycles. The maximum atomic E-state index is 4.78. The Kier molecular flexibility index (Phi) is 4.92. The van der Waals surface area contributed by atoms with Crippen LogP contribution in [0.1, 0.15) is 11.1 Å². The molecule has 162 valence electrons. The van der Waals surface area contributed by atoms with Crippen molar-refractivity contribution in [2.45, 2.75) is 13.8 Å². The van der Waals surface area contributed by atoms with Crippen LogP contribution < -0.4 is 0 Å². The third kappa shape index (κ3) is 3.54. The van der Waals surface area contributed by atoms with E-state index in [0.29, 0.717) is 0 Å². The molecule has 0 aliphatic rings. The smallest absolute Gasteiger partial charge is 0.0886 e. The zero-order valence-corrected chi connectivity index (χ0v) is 19.3. The van der Waals surface area contributed by atoms with Crippen LogP contribution in [-0.2, 0) is 0 Å². The third-order valence-electron chi connectivity index (χ3n) is 6.57. The Labute approximate surface area is 199 Å². The first-order valence-electron chi connectivity index (χ1n) is 11.6. The first-order valence-corrected chi connectivity index (χ1v) is 11.6. The van der Waals surface area contributed by atoms with Gasteiger partial charge in [0.1, 0.15) is 0 Å². The number of aryl methyl sites for hydroxylation is 2. The van der Waals surface area contributed by atoms with Crippen LogP contribution in [0.2, 0.25) is 0 Å². The van der Waals surface area contributed by atoms with Gasteiger partial charge < -0.3 is 0 Å². The highest BCUT2D eigenvalue weighted by molar-refractivity contribution is 6.13. The van der Waals surface area contributed by atoms with Crippen LogP contribution in [0, 0.1) is 13.8 Å². The number of hydrogen-bond acceptors (Lipinski definition) is 2. The van der Waals surface area contributed by atoms with E-state index in [1.165, 1.54) is 43.8 Å². The zero-order valence-electron chi connectivity index (χ0n) is 19.3. The summed E-state index contributed by atoms with van der Waals surface area (Å²) in [4.78, 5) is 9.51. The minimum absolute atomic E-state index is 0.876. The lowest BCUT2D eigenvalue weighted by Gasteiger charge is -2.11. The molecule has 34 heavy (non-hydrogen) atoms. The summed E-state index contributed by atoms with van der Waals surface area (Å²) in [6.07, 6.45) is 3.91. The molecule has 0 atom stereocenters. The minimum Gasteiger partial charge on any atom is -0.254 e. The average molecular weight is 437 g/mol. The van der Waals surface area contributed by atoms with Gasteiger partial charge in [-0.2, -0.15) is 0 Å². The highest BCUT2D eigenvalue weighted by Crippen LogP contribution is 2.35. The fraction of sp³-hybridized carbons (Fsp3) is 0.0625. The topological polar surface area (TPSA) is 25.8 Å². The number of hydrogen-bond donors (Lipinski definition) is 0. The molecular weight excluding hydrogens is 412 g/mol. The molecule has 6 aromatic rings. The van der Waals surface area contributed by atoms with Crippen LogP contribution in [0.15, 0.2) is 109 Å². The van der Waals surface area contributed by atoms with E-state index < -0.39 is 0 Å². The van der Waals surface area contributed by atoms with Gasteiger partial charge in [0.15, 0.2) is 0 Å². The van der Waals surface area contributed by atoms with Gasteiger partial charge in [-0.1, -0.05) is 84.4 Å². The third-order valence-corrected chi connectivity index (χ3v) is 6.57. The van der Waals surface area contributed by atoms with Crippen LogP contribution >= 0.6 is 0 Å². The summed E-state index contributed by atoms with van der Waals surface area (Å²) < 4.78 is 0. The van der Waals surface area contributed by atoms with Crippen molar-refractivity contribution in [1.82, 2.24) is 9.97 Å². The monoisotopic (exact) mass is 436 g/mol. The van der Waals surface area contributed by atoms with Gasteiger partial charge in [0.05, 0.1) is 11.4 Å². The van der Waals surface area contributed by atoms with Gasteiger partial charge in [-0.25, -0.2) is 0 Å². The summed E-state index contributed by atoms with van der Waals surface area (Å²) in [5, 5.41) is 5.03. The predicted octanol–water partition coefficient (Wildman–Crippen LogP) is 8.40. The van der Waals surface area contributed by atoms with Crippen molar-refractivity contribution in [2.24, 2.45) is 0 Å². The van der Waals surface area contributed by atoms with E-state index in [1.54, 1.807) is 0 Å². The molecule has 6 rings (SSSR count). The number of fused-ring (bicyclic) bond motifs is 3. The summed E-state index contributed by atoms with van der Waals surface area (Å²) in [5.74, 6) is 0. The summed E-state index contributed by atoms with van der Waals surface area (Å²) in [6, 6.07) is 34.4. The molecule has 0 bridgehead atoms. The lowest BCUT2D eigenvalue weighted by Crippen LogP contribution is -1.91. The molecule has 2 nitrogen and oxygen atoms in total. The fourth-order valence-electron chi connectivity index (χ4n) is 4.75. The van der Waals surface area contributed by atoms with Crippen molar-refractivity contribution >= 4 is 21.5 Å². The highest BCUT2D eigenvalue weighted by atomic mass is 14.8. The first kappa shape index (κ1) is 20.3. The number of aromatic nitrogens is 2. The maximum absolute atomic E-state index is 4.78. The van der Waals surface area contributed by atoms with Crippen molar-refractivity contribution in [3.63, 3.8) is 0 Å². The van der Waals surface area contributed by atoms with Gasteiger partial charge in [0.25, 0.3) is 0 Å². The molecule has 2 heteroatoms. The van der Waals surface area contributed by atoms with Crippen LogP contribution in [0.25, 0.3) is 55.2 Å². The molecule has 2 heterocycles. The molecule has 0 unspecified atom stereocenters. The van der Waals surface area contributed by atoms with Crippen LogP contribution in [-0.4, -0.2) is 9.97 Å². The quantitative estimate of drug-likeness (QED) is 0.260. The van der Waals surface area contributed by atoms with E-state index in [2.05, 4.69) is 111 Å². The largest absolute Gasteiger partial charge is 0.254 e. The van der Waals surface area contributed by atoms with Gasteiger partial charge >= 0.3 is 0 Å². The van der Waals surface area contributed by atoms with Gasteiger partial charge in [0, 0.05) is 23.5 Å². The molecular formula is C32H24N2. The van der Waals surface area contributed by atoms with Crippen molar-refractivity contribution in [2.75, 3.05) is 0 Å². The fourth-order valence-corrected chi connectivity index (χ4v) is 4.75. The predicted molar refractivity (Wildman–Crippen MR) is 143 cm³/mol. The molecule has 0 aliphatic heterocycles. The normalized spacial score (nSPS) is 11.2. The Hall–Kier alpha value is -4.30. The molecule has 0 N–H and O–H groups in total. The van der Waals surface area contributed by atoms with Crippen LogP contribution in [0.5, 0.6) is 0 Å². The Morgan fingerprint density at radius 3 is 1.79 bits per heavy atom. The first-order chi connectivity index (χ1) is 16.7. The molecule has 0 saturated heterocycles. The van der Waals surface area contributed by atoms with E-state index in [4.69, 9.17) is 9.97 Å². The Bertz CT molecular complexity index is 1650. The van der Waals surface area contributed by atoms with Gasteiger partial charge in [-0.05, 0) is 70.3 Å². The number of rotatable bonds is 3. The van der Waals surface area contributed by atoms with E-state index in [-0.39, 0.29) is 0 Å². The molecule has 0 spiro atoms. The lowest BCUT2D eigenvalue weighted by molar-refractivity contribution is 1.25. The van der Waals surface area contributed by atoms with E-state index in [1.807, 2.05) is 12.4 Å². The average Bonchev–Trinajstić information content (AvgIpc) is 2.90. The molecule has 4 aromatic carbocycles. The van der Waals surface area contributed by atoms with Gasteiger partial charge in [-0.3, -0.25) is 9.97 Å². The Balaban J connectivity index is 1.37. The SMILES string of the molecule is Cc1ccc(C)c(-c2ccc(-c3ccc(-c4cc5ccccc5c5ccccc45)cn3)nc2)c1. The van der Waals surface area contributed by atoms with E-state index in [0.717, 1.165) is 22.5 Å². The Morgan fingerprint density at radius 1 is 0.500 bits per heavy atom. The standard InChI is InChI=1S/C32H24N2/c1-21-11-12-22(2)29(17-21)24-13-15-31(33-19-24)32-16-14-25(20-34-32)30-18-23-7-3-4-8-26(23)27-9-5-6-10-28(27)30/h3-20H,1-2H3. The maximum Gasteiger partial charge on any atom is 0.0886 e. The summed E-state index contributed by atoms with van der Waals surface area (Å²) in [7, 11) is 0. The summed E-state index contributed by atoms with van der Waals surface area (Å²) in [6.45, 7) is 4.26.